The van der Waals surface area contributed by atoms with Crippen LogP contribution in [0.15, 0.2) is 81.0 Å². The lowest BCUT2D eigenvalue weighted by molar-refractivity contribution is -0.119. The molecule has 31 heavy (non-hydrogen) atoms. The average molecular weight is 436 g/mol. The van der Waals surface area contributed by atoms with Crippen LogP contribution in [0.5, 0.6) is 5.75 Å². The van der Waals surface area contributed by atoms with Crippen molar-refractivity contribution in [3.8, 4) is 17.2 Å². The Bertz CT molecular complexity index is 1140. The lowest BCUT2D eigenvalue weighted by Crippen LogP contribution is -2.30. The molecule has 158 valence electrons. The van der Waals surface area contributed by atoms with Crippen molar-refractivity contribution < 1.29 is 18.4 Å². The summed E-state index contributed by atoms with van der Waals surface area (Å²) < 4.78 is 16.1. The highest BCUT2D eigenvalue weighted by Gasteiger charge is 2.19. The molecule has 0 saturated carbocycles. The van der Waals surface area contributed by atoms with Gasteiger partial charge in [-0.1, -0.05) is 54.2 Å². The van der Waals surface area contributed by atoms with Gasteiger partial charge in [-0.15, -0.1) is 10.2 Å². The highest BCUT2D eigenvalue weighted by Crippen LogP contribution is 2.27. The minimum absolute atomic E-state index is 0.144. The van der Waals surface area contributed by atoms with E-state index in [1.165, 1.54) is 11.8 Å². The number of rotatable bonds is 8. The number of carbonyl (C=O) groups excluding carboxylic acids is 1. The number of amides is 1. The molecule has 7 nitrogen and oxygen atoms in total. The Morgan fingerprint density at radius 1 is 1.06 bits per heavy atom. The van der Waals surface area contributed by atoms with E-state index in [2.05, 4.69) is 15.5 Å². The summed E-state index contributed by atoms with van der Waals surface area (Å²) in [5.74, 6) is 1.83. The van der Waals surface area contributed by atoms with Crippen molar-refractivity contribution >= 4 is 17.7 Å². The number of methoxy groups -OCH3 is 1. The first-order chi connectivity index (χ1) is 15.1. The SMILES string of the molecule is COc1ccc(C(NC(=O)CSc2nnc(-c3ccoc3C)o2)c2ccccc2)cc1. The van der Waals surface area contributed by atoms with Crippen LogP contribution in [-0.4, -0.2) is 29.0 Å². The van der Waals surface area contributed by atoms with Crippen LogP contribution in [-0.2, 0) is 4.79 Å². The van der Waals surface area contributed by atoms with Crippen LogP contribution in [0.1, 0.15) is 22.9 Å². The van der Waals surface area contributed by atoms with Gasteiger partial charge in [-0.05, 0) is 36.2 Å². The van der Waals surface area contributed by atoms with Crippen molar-refractivity contribution in [1.29, 1.82) is 0 Å². The molecule has 0 fully saturated rings. The standard InChI is InChI=1S/C23H21N3O4S/c1-15-19(12-13-29-15)22-25-26-23(30-22)31-14-20(27)24-21(16-6-4-3-5-7-16)17-8-10-18(28-2)11-9-17/h3-13,21H,14H2,1-2H3,(H,24,27). The van der Waals surface area contributed by atoms with Crippen molar-refractivity contribution in [2.24, 2.45) is 0 Å². The first-order valence-electron chi connectivity index (χ1n) is 9.63. The third-order valence-electron chi connectivity index (χ3n) is 4.71. The molecule has 2 aromatic heterocycles. The number of nitrogens with one attached hydrogen (secondary N) is 1. The van der Waals surface area contributed by atoms with Gasteiger partial charge in [0.25, 0.3) is 11.1 Å². The van der Waals surface area contributed by atoms with Gasteiger partial charge >= 0.3 is 0 Å². The van der Waals surface area contributed by atoms with Crippen LogP contribution in [0.3, 0.4) is 0 Å². The van der Waals surface area contributed by atoms with Gasteiger partial charge in [0.05, 0.1) is 30.7 Å². The fourth-order valence-corrected chi connectivity index (χ4v) is 3.69. The fraction of sp³-hybridized carbons (Fsp3) is 0.174. The van der Waals surface area contributed by atoms with Gasteiger partial charge in [0.1, 0.15) is 11.5 Å². The Kier molecular flexibility index (Phi) is 6.37. The van der Waals surface area contributed by atoms with E-state index >= 15 is 0 Å². The van der Waals surface area contributed by atoms with E-state index in [0.717, 1.165) is 22.4 Å². The molecule has 2 aromatic carbocycles. The molecule has 0 bridgehead atoms. The molecule has 0 spiro atoms. The zero-order valence-electron chi connectivity index (χ0n) is 17.1. The van der Waals surface area contributed by atoms with Crippen LogP contribution in [0.25, 0.3) is 11.5 Å². The van der Waals surface area contributed by atoms with Crippen LogP contribution in [0.2, 0.25) is 0 Å². The summed E-state index contributed by atoms with van der Waals surface area (Å²) in [6.45, 7) is 1.82. The van der Waals surface area contributed by atoms with E-state index in [9.17, 15) is 4.79 Å². The van der Waals surface area contributed by atoms with Crippen LogP contribution < -0.4 is 10.1 Å². The molecule has 4 rings (SSSR count). The Labute approximate surface area is 183 Å². The number of hydrogen-bond donors (Lipinski definition) is 1. The molecule has 2 heterocycles. The summed E-state index contributed by atoms with van der Waals surface area (Å²) >= 11 is 1.19. The molecule has 1 unspecified atom stereocenters. The first kappa shape index (κ1) is 20.7. The molecule has 0 aliphatic rings. The third kappa shape index (κ3) is 4.97. The monoisotopic (exact) mass is 435 g/mol. The van der Waals surface area contributed by atoms with Gasteiger partial charge in [-0.3, -0.25) is 4.79 Å². The third-order valence-corrected chi connectivity index (χ3v) is 5.53. The maximum Gasteiger partial charge on any atom is 0.277 e. The summed E-state index contributed by atoms with van der Waals surface area (Å²) in [7, 11) is 1.62. The minimum atomic E-state index is -0.285. The van der Waals surface area contributed by atoms with Crippen LogP contribution >= 0.6 is 11.8 Å². The summed E-state index contributed by atoms with van der Waals surface area (Å²) in [5.41, 5.74) is 2.69. The Balaban J connectivity index is 1.44. The lowest BCUT2D eigenvalue weighted by Gasteiger charge is -2.20. The minimum Gasteiger partial charge on any atom is -0.497 e. The second-order valence-corrected chi connectivity index (χ2v) is 7.66. The van der Waals surface area contributed by atoms with E-state index in [4.69, 9.17) is 13.6 Å². The van der Waals surface area contributed by atoms with Gasteiger partial charge in [0, 0.05) is 0 Å². The lowest BCUT2D eigenvalue weighted by atomic mass is 9.98. The average Bonchev–Trinajstić information content (AvgIpc) is 3.45. The molecule has 0 saturated heterocycles. The van der Waals surface area contributed by atoms with E-state index in [1.807, 2.05) is 61.5 Å². The molecule has 1 N–H and O–H groups in total. The number of benzene rings is 2. The van der Waals surface area contributed by atoms with Crippen molar-refractivity contribution in [2.75, 3.05) is 12.9 Å². The number of ether oxygens (including phenoxy) is 1. The quantitative estimate of drug-likeness (QED) is 0.403. The molecular formula is C23H21N3O4S. The Hall–Kier alpha value is -3.52. The van der Waals surface area contributed by atoms with Gasteiger partial charge in [0.2, 0.25) is 5.91 Å². The predicted octanol–water partition coefficient (Wildman–Crippen LogP) is 4.64. The van der Waals surface area contributed by atoms with Crippen molar-refractivity contribution in [1.82, 2.24) is 15.5 Å². The topological polar surface area (TPSA) is 90.4 Å². The normalized spacial score (nSPS) is 11.8. The molecule has 0 aliphatic carbocycles. The van der Waals surface area contributed by atoms with E-state index < -0.39 is 0 Å². The number of hydrogen-bond acceptors (Lipinski definition) is 7. The molecular weight excluding hydrogens is 414 g/mol. The van der Waals surface area contributed by atoms with Gasteiger partial charge in [-0.2, -0.15) is 0 Å². The zero-order chi connectivity index (χ0) is 21.6. The second kappa shape index (κ2) is 9.53. The second-order valence-electron chi connectivity index (χ2n) is 6.74. The molecule has 1 atom stereocenters. The van der Waals surface area contributed by atoms with Gasteiger partial charge in [-0.25, -0.2) is 0 Å². The number of aryl methyl sites for hydroxylation is 1. The molecule has 0 radical (unpaired) electrons. The number of furan rings is 1. The Morgan fingerprint density at radius 2 is 1.81 bits per heavy atom. The van der Waals surface area contributed by atoms with E-state index in [1.54, 1.807) is 19.4 Å². The molecule has 8 heteroatoms. The van der Waals surface area contributed by atoms with Crippen molar-refractivity contribution in [2.45, 2.75) is 18.2 Å². The van der Waals surface area contributed by atoms with Gasteiger partial charge in [0.15, 0.2) is 0 Å². The van der Waals surface area contributed by atoms with Crippen molar-refractivity contribution in [3.05, 3.63) is 83.8 Å². The summed E-state index contributed by atoms with van der Waals surface area (Å²) in [6, 6.07) is 18.9. The Morgan fingerprint density at radius 3 is 2.48 bits per heavy atom. The number of carbonyl (C=O) groups is 1. The summed E-state index contributed by atoms with van der Waals surface area (Å²) in [4.78, 5) is 12.7. The van der Waals surface area contributed by atoms with E-state index in [0.29, 0.717) is 16.9 Å². The summed E-state index contributed by atoms with van der Waals surface area (Å²) in [5, 5.41) is 11.5. The predicted molar refractivity (Wildman–Crippen MR) is 117 cm³/mol. The van der Waals surface area contributed by atoms with Crippen LogP contribution in [0.4, 0.5) is 0 Å². The highest BCUT2D eigenvalue weighted by atomic mass is 32.2. The van der Waals surface area contributed by atoms with Crippen LogP contribution in [0, 0.1) is 6.92 Å². The first-order valence-corrected chi connectivity index (χ1v) is 10.6. The highest BCUT2D eigenvalue weighted by molar-refractivity contribution is 7.99. The fourth-order valence-electron chi connectivity index (χ4n) is 3.11. The number of thioether (sulfide) groups is 1. The maximum atomic E-state index is 12.7. The largest absolute Gasteiger partial charge is 0.497 e. The number of aromatic nitrogens is 2. The molecule has 0 aliphatic heterocycles. The number of nitrogens with zero attached hydrogens (tertiary/aromatic N) is 2. The maximum absolute atomic E-state index is 12.7. The molecule has 4 aromatic rings. The van der Waals surface area contributed by atoms with E-state index in [-0.39, 0.29) is 17.7 Å². The molecule has 1 amide bonds. The zero-order valence-corrected chi connectivity index (χ0v) is 17.9. The van der Waals surface area contributed by atoms with Gasteiger partial charge < -0.3 is 18.9 Å². The van der Waals surface area contributed by atoms with Crippen molar-refractivity contribution in [3.63, 3.8) is 0 Å². The smallest absolute Gasteiger partial charge is 0.277 e. The summed E-state index contributed by atoms with van der Waals surface area (Å²) in [6.07, 6.45) is 1.57.